The Hall–Kier alpha value is -2.89. The number of carbonyl (C=O) groups excluding carboxylic acids is 1. The van der Waals surface area contributed by atoms with Crippen molar-refractivity contribution in [3.63, 3.8) is 0 Å². The summed E-state index contributed by atoms with van der Waals surface area (Å²) >= 11 is 0. The first-order valence-corrected chi connectivity index (χ1v) is 7.82. The first-order valence-electron chi connectivity index (χ1n) is 7.82. The molecule has 0 bridgehead atoms. The highest BCUT2D eigenvalue weighted by Crippen LogP contribution is 2.20. The van der Waals surface area contributed by atoms with Crippen LogP contribution >= 0.6 is 0 Å². The van der Waals surface area contributed by atoms with Gasteiger partial charge in [-0.2, -0.15) is 4.98 Å². The third-order valence-corrected chi connectivity index (χ3v) is 4.02. The summed E-state index contributed by atoms with van der Waals surface area (Å²) in [6.07, 6.45) is 2.26. The number of aryl methyl sites for hydroxylation is 1. The molecule has 24 heavy (non-hydrogen) atoms. The standard InChI is InChI=1S/C18H19N3O3/c1-13(14-7-4-3-5-8-14)21(2)17(22)11-10-16-19-18(20-24-16)15-9-6-12-23-15/h3-9,12-13H,10-11H2,1-2H3/t13-/m0/s1. The zero-order chi connectivity index (χ0) is 16.9. The van der Waals surface area contributed by atoms with Crippen molar-refractivity contribution in [1.29, 1.82) is 0 Å². The third-order valence-electron chi connectivity index (χ3n) is 4.02. The summed E-state index contributed by atoms with van der Waals surface area (Å²) in [5.74, 6) is 1.40. The van der Waals surface area contributed by atoms with Crippen LogP contribution in [0, 0.1) is 0 Å². The van der Waals surface area contributed by atoms with Gasteiger partial charge in [-0.1, -0.05) is 35.5 Å². The maximum Gasteiger partial charge on any atom is 0.238 e. The van der Waals surface area contributed by atoms with Gasteiger partial charge in [-0.15, -0.1) is 0 Å². The van der Waals surface area contributed by atoms with Crippen LogP contribution in [0.25, 0.3) is 11.6 Å². The van der Waals surface area contributed by atoms with E-state index >= 15 is 0 Å². The maximum absolute atomic E-state index is 12.4. The first kappa shape index (κ1) is 16.0. The Kier molecular flexibility index (Phi) is 4.74. The van der Waals surface area contributed by atoms with Crippen molar-refractivity contribution < 1.29 is 13.7 Å². The molecule has 124 valence electrons. The van der Waals surface area contributed by atoms with Gasteiger partial charge in [0.2, 0.25) is 17.6 Å². The second kappa shape index (κ2) is 7.12. The van der Waals surface area contributed by atoms with Crippen LogP contribution in [-0.4, -0.2) is 28.0 Å². The second-order valence-electron chi connectivity index (χ2n) is 5.58. The lowest BCUT2D eigenvalue weighted by Crippen LogP contribution is -2.29. The van der Waals surface area contributed by atoms with E-state index in [1.54, 1.807) is 23.3 Å². The Bertz CT molecular complexity index is 781. The van der Waals surface area contributed by atoms with Gasteiger partial charge in [0.1, 0.15) is 0 Å². The van der Waals surface area contributed by atoms with Gasteiger partial charge in [0.05, 0.1) is 12.3 Å². The number of rotatable bonds is 6. The number of hydrogen-bond acceptors (Lipinski definition) is 5. The minimum Gasteiger partial charge on any atom is -0.461 e. The van der Waals surface area contributed by atoms with Crippen LogP contribution in [0.15, 0.2) is 57.7 Å². The minimum atomic E-state index is 0.0139. The van der Waals surface area contributed by atoms with Crippen LogP contribution < -0.4 is 0 Å². The molecule has 1 atom stereocenters. The van der Waals surface area contributed by atoms with E-state index in [1.807, 2.05) is 44.3 Å². The molecule has 6 heteroatoms. The molecule has 1 aromatic carbocycles. The molecule has 0 aliphatic heterocycles. The van der Waals surface area contributed by atoms with E-state index in [0.29, 0.717) is 30.3 Å². The normalized spacial score (nSPS) is 12.1. The Morgan fingerprint density at radius 2 is 2.00 bits per heavy atom. The average molecular weight is 325 g/mol. The first-order chi connectivity index (χ1) is 11.6. The number of furan rings is 1. The minimum absolute atomic E-state index is 0.0139. The van der Waals surface area contributed by atoms with Gasteiger partial charge >= 0.3 is 0 Å². The van der Waals surface area contributed by atoms with Crippen LogP contribution in [0.3, 0.4) is 0 Å². The average Bonchev–Trinajstić information content (AvgIpc) is 3.30. The van der Waals surface area contributed by atoms with Crippen molar-refractivity contribution in [3.8, 4) is 11.6 Å². The van der Waals surface area contributed by atoms with E-state index in [1.165, 1.54) is 0 Å². The van der Waals surface area contributed by atoms with E-state index in [9.17, 15) is 4.79 Å². The van der Waals surface area contributed by atoms with Crippen molar-refractivity contribution in [2.24, 2.45) is 0 Å². The molecule has 0 radical (unpaired) electrons. The predicted octanol–water partition coefficient (Wildman–Crippen LogP) is 3.48. The molecule has 2 heterocycles. The molecule has 0 spiro atoms. The lowest BCUT2D eigenvalue weighted by Gasteiger charge is -2.25. The third kappa shape index (κ3) is 3.53. The highest BCUT2D eigenvalue weighted by atomic mass is 16.5. The van der Waals surface area contributed by atoms with Crippen molar-refractivity contribution in [3.05, 3.63) is 60.2 Å². The molecule has 0 fully saturated rings. The van der Waals surface area contributed by atoms with E-state index in [-0.39, 0.29) is 11.9 Å². The van der Waals surface area contributed by atoms with Crippen LogP contribution in [0.5, 0.6) is 0 Å². The van der Waals surface area contributed by atoms with Crippen molar-refractivity contribution >= 4 is 5.91 Å². The molecule has 2 aromatic heterocycles. The summed E-state index contributed by atoms with van der Waals surface area (Å²) in [5, 5.41) is 3.86. The van der Waals surface area contributed by atoms with Crippen molar-refractivity contribution in [1.82, 2.24) is 15.0 Å². The number of amides is 1. The molecule has 1 amide bonds. The summed E-state index contributed by atoms with van der Waals surface area (Å²) < 4.78 is 10.4. The number of benzene rings is 1. The number of aromatic nitrogens is 2. The predicted molar refractivity (Wildman–Crippen MR) is 87.9 cm³/mol. The van der Waals surface area contributed by atoms with Crippen molar-refractivity contribution in [2.75, 3.05) is 7.05 Å². The summed E-state index contributed by atoms with van der Waals surface area (Å²) in [4.78, 5) is 18.4. The Morgan fingerprint density at radius 3 is 2.71 bits per heavy atom. The largest absolute Gasteiger partial charge is 0.461 e. The summed E-state index contributed by atoms with van der Waals surface area (Å²) in [5.41, 5.74) is 1.10. The van der Waals surface area contributed by atoms with Crippen molar-refractivity contribution in [2.45, 2.75) is 25.8 Å². The molecule has 3 rings (SSSR count). The van der Waals surface area contributed by atoms with Gasteiger partial charge in [-0.05, 0) is 24.6 Å². The highest BCUT2D eigenvalue weighted by molar-refractivity contribution is 5.76. The van der Waals surface area contributed by atoms with Crippen LogP contribution in [-0.2, 0) is 11.2 Å². The van der Waals surface area contributed by atoms with E-state index in [0.717, 1.165) is 5.56 Å². The van der Waals surface area contributed by atoms with Gasteiger partial charge in [0.15, 0.2) is 5.76 Å². The van der Waals surface area contributed by atoms with Gasteiger partial charge in [-0.25, -0.2) is 0 Å². The molecule has 0 saturated heterocycles. The monoisotopic (exact) mass is 325 g/mol. The van der Waals surface area contributed by atoms with Crippen LogP contribution in [0.2, 0.25) is 0 Å². The fraction of sp³-hybridized carbons (Fsp3) is 0.278. The van der Waals surface area contributed by atoms with Crippen LogP contribution in [0.1, 0.15) is 30.8 Å². The van der Waals surface area contributed by atoms with Gasteiger partial charge in [0.25, 0.3) is 0 Å². The zero-order valence-electron chi connectivity index (χ0n) is 13.7. The highest BCUT2D eigenvalue weighted by Gasteiger charge is 2.18. The maximum atomic E-state index is 12.4. The fourth-order valence-corrected chi connectivity index (χ4v) is 2.42. The summed E-state index contributed by atoms with van der Waals surface area (Å²) in [6, 6.07) is 13.5. The van der Waals surface area contributed by atoms with E-state index < -0.39 is 0 Å². The van der Waals surface area contributed by atoms with Gasteiger partial charge < -0.3 is 13.8 Å². The number of hydrogen-bond donors (Lipinski definition) is 0. The number of nitrogens with zero attached hydrogens (tertiary/aromatic N) is 3. The molecule has 0 aliphatic rings. The molecule has 0 N–H and O–H groups in total. The lowest BCUT2D eigenvalue weighted by molar-refractivity contribution is -0.131. The smallest absolute Gasteiger partial charge is 0.238 e. The molecular formula is C18H19N3O3. The summed E-state index contributed by atoms with van der Waals surface area (Å²) in [6.45, 7) is 2.01. The Morgan fingerprint density at radius 1 is 1.21 bits per heavy atom. The lowest BCUT2D eigenvalue weighted by atomic mass is 10.1. The van der Waals surface area contributed by atoms with E-state index in [4.69, 9.17) is 8.94 Å². The van der Waals surface area contributed by atoms with Gasteiger partial charge in [-0.3, -0.25) is 4.79 Å². The Labute approximate surface area is 140 Å². The van der Waals surface area contributed by atoms with Gasteiger partial charge in [0, 0.05) is 19.9 Å². The van der Waals surface area contributed by atoms with E-state index in [2.05, 4.69) is 10.1 Å². The molecule has 0 saturated carbocycles. The topological polar surface area (TPSA) is 72.4 Å². The fourth-order valence-electron chi connectivity index (χ4n) is 2.42. The molecular weight excluding hydrogens is 306 g/mol. The SMILES string of the molecule is C[C@@H](c1ccccc1)N(C)C(=O)CCc1nc(-c2ccco2)no1. The molecule has 0 aliphatic carbocycles. The molecule has 6 nitrogen and oxygen atoms in total. The number of carbonyl (C=O) groups is 1. The second-order valence-corrected chi connectivity index (χ2v) is 5.58. The zero-order valence-corrected chi connectivity index (χ0v) is 13.7. The molecule has 3 aromatic rings. The molecule has 0 unspecified atom stereocenters. The van der Waals surface area contributed by atoms with Crippen LogP contribution in [0.4, 0.5) is 0 Å². The summed E-state index contributed by atoms with van der Waals surface area (Å²) in [7, 11) is 1.81. The quantitative estimate of drug-likeness (QED) is 0.694. The Balaban J connectivity index is 1.57.